The number of benzene rings is 2. The topological polar surface area (TPSA) is 142 Å². The number of pyridine rings is 1. The first kappa shape index (κ1) is 27.4. The Balaban J connectivity index is 1.26. The first-order valence-electron chi connectivity index (χ1n) is 12.9. The largest absolute Gasteiger partial charge is 0.478 e. The molecule has 3 aromatic heterocycles. The summed E-state index contributed by atoms with van der Waals surface area (Å²) in [6.45, 7) is 1.06. The molecule has 0 saturated carbocycles. The van der Waals surface area contributed by atoms with Crippen LogP contribution < -0.4 is 10.5 Å². The summed E-state index contributed by atoms with van der Waals surface area (Å²) in [5.41, 5.74) is 7.16. The number of carbonyl (C=O) groups is 2. The van der Waals surface area contributed by atoms with Crippen LogP contribution in [0.25, 0.3) is 22.3 Å². The van der Waals surface area contributed by atoms with Crippen molar-refractivity contribution in [2.45, 2.75) is 32.1 Å². The smallest absolute Gasteiger partial charge is 0.335 e. The van der Waals surface area contributed by atoms with Crippen LogP contribution in [0.5, 0.6) is 5.88 Å². The second-order valence-corrected chi connectivity index (χ2v) is 10.5. The molecule has 10 nitrogen and oxygen atoms in total. The van der Waals surface area contributed by atoms with Crippen molar-refractivity contribution < 1.29 is 33.0 Å². The third-order valence-electron chi connectivity index (χ3n) is 6.87. The molecule has 1 atom stereocenters. The molecule has 1 aliphatic rings. The van der Waals surface area contributed by atoms with Crippen molar-refractivity contribution in [3.8, 4) is 17.1 Å². The average Bonchev–Trinajstić information content (AvgIpc) is 3.56. The number of fused-ring (bicyclic) bond motifs is 1. The monoisotopic (exact) mass is 591 g/mol. The van der Waals surface area contributed by atoms with Gasteiger partial charge < -0.3 is 24.9 Å². The van der Waals surface area contributed by atoms with Crippen molar-refractivity contribution in [3.63, 3.8) is 0 Å². The van der Waals surface area contributed by atoms with Gasteiger partial charge in [-0.05, 0) is 48.4 Å². The van der Waals surface area contributed by atoms with E-state index in [0.717, 1.165) is 29.9 Å². The molecule has 0 bridgehead atoms. The minimum atomic E-state index is -1.07. The summed E-state index contributed by atoms with van der Waals surface area (Å²) in [6.07, 6.45) is 0.744. The zero-order valence-electron chi connectivity index (χ0n) is 21.9. The van der Waals surface area contributed by atoms with Crippen molar-refractivity contribution in [2.24, 2.45) is 5.73 Å². The van der Waals surface area contributed by atoms with Gasteiger partial charge in [-0.15, -0.1) is 11.3 Å². The number of amides is 1. The van der Waals surface area contributed by atoms with E-state index in [-0.39, 0.29) is 52.4 Å². The van der Waals surface area contributed by atoms with Gasteiger partial charge in [0.15, 0.2) is 5.01 Å². The van der Waals surface area contributed by atoms with Crippen molar-refractivity contribution in [1.29, 1.82) is 0 Å². The molecule has 42 heavy (non-hydrogen) atoms. The van der Waals surface area contributed by atoms with Crippen LogP contribution in [0.1, 0.15) is 43.7 Å². The first-order valence-corrected chi connectivity index (χ1v) is 13.8. The summed E-state index contributed by atoms with van der Waals surface area (Å²) in [5.74, 6) is -2.41. The van der Waals surface area contributed by atoms with Crippen LogP contribution in [0.3, 0.4) is 0 Å². The van der Waals surface area contributed by atoms with Gasteiger partial charge in [0.05, 0.1) is 40.6 Å². The third kappa shape index (κ3) is 5.56. The second-order valence-electron chi connectivity index (χ2n) is 9.69. The van der Waals surface area contributed by atoms with E-state index < -0.39 is 23.5 Å². The molecule has 1 unspecified atom stereocenters. The maximum Gasteiger partial charge on any atom is 0.335 e. The Morgan fingerprint density at radius 2 is 1.95 bits per heavy atom. The fraction of sp³-hybridized carbons (Fsp3) is 0.207. The summed E-state index contributed by atoms with van der Waals surface area (Å²) in [4.78, 5) is 35.8. The molecule has 0 radical (unpaired) electrons. The maximum atomic E-state index is 15.4. The number of aromatic nitrogens is 4. The quantitative estimate of drug-likeness (QED) is 0.240. The fourth-order valence-corrected chi connectivity index (χ4v) is 5.30. The molecule has 1 saturated heterocycles. The van der Waals surface area contributed by atoms with Crippen molar-refractivity contribution in [2.75, 3.05) is 6.61 Å². The Hall–Kier alpha value is -4.75. The molecule has 0 aliphatic carbocycles. The molecule has 1 aliphatic heterocycles. The number of carbonyl (C=O) groups excluding carboxylic acids is 1. The number of carboxylic acids is 1. The Kier molecular flexibility index (Phi) is 7.35. The van der Waals surface area contributed by atoms with Crippen LogP contribution in [0.2, 0.25) is 0 Å². The van der Waals surface area contributed by atoms with Crippen molar-refractivity contribution >= 4 is 34.2 Å². The molecule has 5 aromatic rings. The predicted molar refractivity (Wildman–Crippen MR) is 148 cm³/mol. The zero-order chi connectivity index (χ0) is 29.4. The van der Waals surface area contributed by atoms with Crippen LogP contribution in [-0.2, 0) is 24.3 Å². The zero-order valence-corrected chi connectivity index (χ0v) is 22.7. The van der Waals surface area contributed by atoms with Crippen LogP contribution in [0.15, 0.2) is 53.9 Å². The Bertz CT molecular complexity index is 1830. The molecule has 6 rings (SSSR count). The van der Waals surface area contributed by atoms with E-state index >= 15 is 8.78 Å². The van der Waals surface area contributed by atoms with Gasteiger partial charge in [-0.25, -0.2) is 28.5 Å². The maximum absolute atomic E-state index is 15.4. The van der Waals surface area contributed by atoms with Gasteiger partial charge in [0, 0.05) is 30.0 Å². The lowest BCUT2D eigenvalue weighted by Gasteiger charge is -2.27. The Morgan fingerprint density at radius 1 is 1.12 bits per heavy atom. The van der Waals surface area contributed by atoms with Gasteiger partial charge in [-0.2, -0.15) is 0 Å². The van der Waals surface area contributed by atoms with E-state index in [0.29, 0.717) is 35.7 Å². The highest BCUT2D eigenvalue weighted by Gasteiger charge is 2.24. The molecular weight excluding hydrogens is 568 g/mol. The fourth-order valence-electron chi connectivity index (χ4n) is 4.65. The third-order valence-corrected chi connectivity index (χ3v) is 7.77. The Labute approximate surface area is 241 Å². The minimum absolute atomic E-state index is 0.0108. The predicted octanol–water partition coefficient (Wildman–Crippen LogP) is 4.59. The lowest BCUT2D eigenvalue weighted by atomic mass is 10.0. The van der Waals surface area contributed by atoms with Gasteiger partial charge in [0.2, 0.25) is 5.88 Å². The van der Waals surface area contributed by atoms with Crippen molar-refractivity contribution in [3.05, 3.63) is 93.2 Å². The van der Waals surface area contributed by atoms with E-state index in [1.54, 1.807) is 23.6 Å². The van der Waals surface area contributed by atoms with E-state index in [2.05, 4.69) is 15.0 Å². The lowest BCUT2D eigenvalue weighted by Crippen LogP contribution is -2.31. The number of aromatic carboxylic acids is 1. The number of thiazole rings is 1. The number of halogens is 2. The number of hydrogen-bond acceptors (Lipinski definition) is 8. The number of rotatable bonds is 10. The number of hydrogen-bond donors (Lipinski definition) is 2. The summed E-state index contributed by atoms with van der Waals surface area (Å²) >= 11 is 1.10. The Morgan fingerprint density at radius 3 is 2.67 bits per heavy atom. The van der Waals surface area contributed by atoms with E-state index in [1.165, 1.54) is 18.2 Å². The van der Waals surface area contributed by atoms with E-state index in [9.17, 15) is 14.7 Å². The average molecular weight is 592 g/mol. The lowest BCUT2D eigenvalue weighted by molar-refractivity contribution is -0.0589. The number of nitrogens with zero attached hydrogens (tertiary/aromatic N) is 4. The first-order chi connectivity index (χ1) is 20.2. The second kappa shape index (κ2) is 11.3. The van der Waals surface area contributed by atoms with Gasteiger partial charge in [0.25, 0.3) is 5.91 Å². The van der Waals surface area contributed by atoms with E-state index in [1.807, 2.05) is 4.57 Å². The molecule has 1 fully saturated rings. The number of ether oxygens (including phenoxy) is 2. The molecule has 13 heteroatoms. The standard InChI is InChI=1S/C29H23F2N5O5S/c30-20-11-19(22-2-1-3-26(35-22)41-13-17-14-42-28(33-17)27(32)37)21(31)8-16(20)10-25-34-23-5-4-15(29(38)39)9-24(23)36(25)12-18-6-7-40-18/h1-5,8-9,11,14,18H,6-7,10,12-13H2,(H2,32,37)(H,38,39). The number of primary amides is 1. The van der Waals surface area contributed by atoms with Gasteiger partial charge in [0.1, 0.15) is 24.1 Å². The van der Waals surface area contributed by atoms with Crippen LogP contribution in [0, 0.1) is 11.6 Å². The van der Waals surface area contributed by atoms with Gasteiger partial charge >= 0.3 is 5.97 Å². The molecule has 1 amide bonds. The van der Waals surface area contributed by atoms with Crippen LogP contribution in [-0.4, -0.2) is 49.2 Å². The molecular formula is C29H23F2N5O5S. The molecule has 0 spiro atoms. The van der Waals surface area contributed by atoms with Crippen molar-refractivity contribution in [1.82, 2.24) is 19.5 Å². The van der Waals surface area contributed by atoms with Crippen LogP contribution in [0.4, 0.5) is 8.78 Å². The highest BCUT2D eigenvalue weighted by atomic mass is 32.1. The van der Waals surface area contributed by atoms with Gasteiger partial charge in [-0.3, -0.25) is 4.79 Å². The number of nitrogens with two attached hydrogens (primary N) is 1. The molecule has 214 valence electrons. The molecule has 3 N–H and O–H groups in total. The highest BCUT2D eigenvalue weighted by molar-refractivity contribution is 7.11. The summed E-state index contributed by atoms with van der Waals surface area (Å²) in [5, 5.41) is 11.2. The highest BCUT2D eigenvalue weighted by Crippen LogP contribution is 2.29. The summed E-state index contributed by atoms with van der Waals surface area (Å²) < 4.78 is 43.8. The molecule has 4 heterocycles. The normalized spacial score (nSPS) is 14.6. The SMILES string of the molecule is NC(=O)c1nc(COc2cccc(-c3cc(F)c(Cc4nc5ccc(C(=O)O)cc5n4CC4CCO4)cc3F)n2)cs1. The number of carboxylic acid groups (broad SMARTS) is 1. The van der Waals surface area contributed by atoms with Gasteiger partial charge in [-0.1, -0.05) is 6.07 Å². The van der Waals surface area contributed by atoms with Crippen LogP contribution >= 0.6 is 11.3 Å². The molecule has 2 aromatic carbocycles. The summed E-state index contributed by atoms with van der Waals surface area (Å²) in [6, 6.07) is 11.5. The van der Waals surface area contributed by atoms with E-state index in [4.69, 9.17) is 15.2 Å². The number of imidazole rings is 1. The summed E-state index contributed by atoms with van der Waals surface area (Å²) in [7, 11) is 0. The minimum Gasteiger partial charge on any atom is -0.478 e.